The monoisotopic (exact) mass is 440 g/mol. The molecule has 0 amide bonds. The number of fused-ring (bicyclic) bond motifs is 1. The Morgan fingerprint density at radius 1 is 0.594 bits per heavy atom. The van der Waals surface area contributed by atoms with E-state index < -0.39 is 11.9 Å². The molecule has 2 aromatic carbocycles. The standard InChI is InChI=1S/C28H40O4/c1-3-5-7-9-11-13-17-21-22(18-14-12-10-8-6-4-2)26(28(31)32)24-20-16-15-19-23(24)25(21)27(29)30/h15-16,19-20H,3-14,17-18H2,1-2H3,(H,29,30)(H,31,32). The van der Waals surface area contributed by atoms with Crippen molar-refractivity contribution in [2.75, 3.05) is 0 Å². The van der Waals surface area contributed by atoms with Gasteiger partial charge in [-0.2, -0.15) is 0 Å². The number of benzene rings is 2. The molecule has 0 aliphatic heterocycles. The first-order chi connectivity index (χ1) is 15.5. The van der Waals surface area contributed by atoms with Crippen LogP contribution in [0.4, 0.5) is 0 Å². The van der Waals surface area contributed by atoms with Crippen molar-refractivity contribution in [3.63, 3.8) is 0 Å². The largest absolute Gasteiger partial charge is 0.478 e. The fourth-order valence-electron chi connectivity index (χ4n) is 4.75. The van der Waals surface area contributed by atoms with Crippen molar-refractivity contribution in [3.8, 4) is 0 Å². The number of rotatable bonds is 16. The Morgan fingerprint density at radius 2 is 0.938 bits per heavy atom. The smallest absolute Gasteiger partial charge is 0.336 e. The van der Waals surface area contributed by atoms with Crippen molar-refractivity contribution >= 4 is 22.7 Å². The number of carboxylic acids is 2. The number of hydrogen-bond acceptors (Lipinski definition) is 2. The third-order valence-corrected chi connectivity index (χ3v) is 6.42. The van der Waals surface area contributed by atoms with Gasteiger partial charge >= 0.3 is 11.9 Å². The summed E-state index contributed by atoms with van der Waals surface area (Å²) in [5.41, 5.74) is 2.11. The molecule has 0 heterocycles. The summed E-state index contributed by atoms with van der Waals surface area (Å²) in [4.78, 5) is 24.7. The summed E-state index contributed by atoms with van der Waals surface area (Å²) in [5.74, 6) is -1.91. The maximum atomic E-state index is 12.3. The highest BCUT2D eigenvalue weighted by atomic mass is 16.4. The highest BCUT2D eigenvalue weighted by Gasteiger charge is 2.25. The molecular formula is C28H40O4. The molecule has 32 heavy (non-hydrogen) atoms. The van der Waals surface area contributed by atoms with Crippen LogP contribution in [0.1, 0.15) is 123 Å². The number of aromatic carboxylic acids is 2. The van der Waals surface area contributed by atoms with Crippen LogP contribution in [-0.4, -0.2) is 22.2 Å². The lowest BCUT2D eigenvalue weighted by Gasteiger charge is -2.19. The number of unbranched alkanes of at least 4 members (excludes halogenated alkanes) is 10. The summed E-state index contributed by atoms with van der Waals surface area (Å²) >= 11 is 0. The van der Waals surface area contributed by atoms with E-state index in [1.165, 1.54) is 38.5 Å². The van der Waals surface area contributed by atoms with Gasteiger partial charge in [-0.25, -0.2) is 9.59 Å². The summed E-state index contributed by atoms with van der Waals surface area (Å²) in [6.45, 7) is 4.38. The average Bonchev–Trinajstić information content (AvgIpc) is 2.77. The van der Waals surface area contributed by atoms with E-state index in [0.29, 0.717) is 34.7 Å². The molecular weight excluding hydrogens is 400 g/mol. The Kier molecular flexibility index (Phi) is 11.3. The van der Waals surface area contributed by atoms with Crippen LogP contribution in [0.5, 0.6) is 0 Å². The van der Waals surface area contributed by atoms with Crippen LogP contribution in [0.2, 0.25) is 0 Å². The molecule has 4 nitrogen and oxygen atoms in total. The normalized spacial score (nSPS) is 11.2. The molecule has 2 rings (SSSR count). The second-order valence-corrected chi connectivity index (χ2v) is 8.90. The molecule has 2 N–H and O–H groups in total. The number of hydrogen-bond donors (Lipinski definition) is 2. The third kappa shape index (κ3) is 7.08. The van der Waals surface area contributed by atoms with Gasteiger partial charge in [0.1, 0.15) is 0 Å². The van der Waals surface area contributed by atoms with Crippen molar-refractivity contribution in [1.82, 2.24) is 0 Å². The van der Waals surface area contributed by atoms with Crippen molar-refractivity contribution in [2.45, 2.75) is 104 Å². The Bertz CT molecular complexity index is 812. The molecule has 0 fully saturated rings. The van der Waals surface area contributed by atoms with E-state index in [4.69, 9.17) is 0 Å². The van der Waals surface area contributed by atoms with Crippen LogP contribution in [0, 0.1) is 0 Å². The predicted octanol–water partition coefficient (Wildman–Crippen LogP) is 8.04. The van der Waals surface area contributed by atoms with Gasteiger partial charge in [0.2, 0.25) is 0 Å². The molecule has 0 unspecified atom stereocenters. The van der Waals surface area contributed by atoms with Gasteiger partial charge in [-0.3, -0.25) is 0 Å². The summed E-state index contributed by atoms with van der Waals surface area (Å²) in [6.07, 6.45) is 14.7. The van der Waals surface area contributed by atoms with Gasteiger partial charge in [-0.1, -0.05) is 102 Å². The van der Waals surface area contributed by atoms with Crippen LogP contribution in [-0.2, 0) is 12.8 Å². The summed E-state index contributed by atoms with van der Waals surface area (Å²) in [5, 5.41) is 21.3. The molecule has 0 atom stereocenters. The van der Waals surface area contributed by atoms with E-state index in [1.54, 1.807) is 24.3 Å². The molecule has 0 bridgehead atoms. The van der Waals surface area contributed by atoms with Crippen molar-refractivity contribution < 1.29 is 19.8 Å². The molecule has 0 radical (unpaired) electrons. The Balaban J connectivity index is 2.40. The fraction of sp³-hybridized carbons (Fsp3) is 0.571. The molecule has 4 heteroatoms. The Labute approximate surface area is 193 Å². The molecule has 2 aromatic rings. The van der Waals surface area contributed by atoms with Crippen LogP contribution in [0.25, 0.3) is 10.8 Å². The summed E-state index contributed by atoms with van der Waals surface area (Å²) in [7, 11) is 0. The lowest BCUT2D eigenvalue weighted by molar-refractivity contribution is 0.0682. The zero-order chi connectivity index (χ0) is 23.3. The highest BCUT2D eigenvalue weighted by Crippen LogP contribution is 2.33. The van der Waals surface area contributed by atoms with Crippen LogP contribution in [0.15, 0.2) is 24.3 Å². The quantitative estimate of drug-likeness (QED) is 0.259. The van der Waals surface area contributed by atoms with Gasteiger partial charge in [0, 0.05) is 0 Å². The maximum Gasteiger partial charge on any atom is 0.336 e. The first-order valence-electron chi connectivity index (χ1n) is 12.6. The second kappa shape index (κ2) is 13.9. The molecule has 0 saturated carbocycles. The highest BCUT2D eigenvalue weighted by molar-refractivity contribution is 6.13. The lowest BCUT2D eigenvalue weighted by atomic mass is 9.84. The summed E-state index contributed by atoms with van der Waals surface area (Å²) < 4.78 is 0. The Morgan fingerprint density at radius 3 is 1.28 bits per heavy atom. The first-order valence-corrected chi connectivity index (χ1v) is 12.6. The van der Waals surface area contributed by atoms with Gasteiger partial charge < -0.3 is 10.2 Å². The van der Waals surface area contributed by atoms with Crippen LogP contribution < -0.4 is 0 Å². The van der Waals surface area contributed by atoms with Gasteiger partial charge in [-0.05, 0) is 47.6 Å². The molecule has 0 spiro atoms. The van der Waals surface area contributed by atoms with Crippen LogP contribution >= 0.6 is 0 Å². The van der Waals surface area contributed by atoms with Gasteiger partial charge in [-0.15, -0.1) is 0 Å². The molecule has 0 saturated heterocycles. The zero-order valence-corrected chi connectivity index (χ0v) is 19.9. The van der Waals surface area contributed by atoms with E-state index in [2.05, 4.69) is 13.8 Å². The van der Waals surface area contributed by atoms with E-state index in [9.17, 15) is 19.8 Å². The number of carbonyl (C=O) groups is 2. The van der Waals surface area contributed by atoms with Crippen molar-refractivity contribution in [1.29, 1.82) is 0 Å². The van der Waals surface area contributed by atoms with Crippen molar-refractivity contribution in [2.24, 2.45) is 0 Å². The second-order valence-electron chi connectivity index (χ2n) is 8.90. The minimum Gasteiger partial charge on any atom is -0.478 e. The van der Waals surface area contributed by atoms with Crippen LogP contribution in [0.3, 0.4) is 0 Å². The van der Waals surface area contributed by atoms with Gasteiger partial charge in [0.05, 0.1) is 11.1 Å². The van der Waals surface area contributed by atoms with E-state index in [-0.39, 0.29) is 0 Å². The zero-order valence-electron chi connectivity index (χ0n) is 19.9. The summed E-state index contributed by atoms with van der Waals surface area (Å²) in [6, 6.07) is 7.10. The third-order valence-electron chi connectivity index (χ3n) is 6.42. The lowest BCUT2D eigenvalue weighted by Crippen LogP contribution is -2.14. The molecule has 0 aliphatic carbocycles. The molecule has 0 aliphatic rings. The Hall–Kier alpha value is -2.36. The minimum atomic E-state index is -0.955. The average molecular weight is 441 g/mol. The first kappa shape index (κ1) is 25.9. The molecule has 0 aromatic heterocycles. The maximum absolute atomic E-state index is 12.3. The minimum absolute atomic E-state index is 0.306. The van der Waals surface area contributed by atoms with E-state index >= 15 is 0 Å². The number of carboxylic acid groups (broad SMARTS) is 2. The van der Waals surface area contributed by atoms with Crippen molar-refractivity contribution in [3.05, 3.63) is 46.5 Å². The van der Waals surface area contributed by atoms with E-state index in [1.807, 2.05) is 0 Å². The van der Waals surface area contributed by atoms with E-state index in [0.717, 1.165) is 49.7 Å². The predicted molar refractivity (Wildman–Crippen MR) is 132 cm³/mol. The van der Waals surface area contributed by atoms with Gasteiger partial charge in [0.15, 0.2) is 0 Å². The molecule has 176 valence electrons. The topological polar surface area (TPSA) is 74.6 Å². The SMILES string of the molecule is CCCCCCCCc1c(CCCCCCCC)c(C(=O)O)c2ccccc2c1C(=O)O. The van der Waals surface area contributed by atoms with Gasteiger partial charge in [0.25, 0.3) is 0 Å². The fourth-order valence-corrected chi connectivity index (χ4v) is 4.75.